The standard InChI is InChI=1S/C31H33N5O2S/c1-21-19-27(22(2)35(21)25-7-6-8-26(20-25)37-3)30-29(28-9-4-5-14-32-28)33-31(39)36(30)24-12-10-23(11-13-24)34-15-17-38-18-16-34/h4-14,19-20,29-30H,15-18H2,1-3H3,(H,33,39)/t29-,30-/m1/s1. The van der Waals surface area contributed by atoms with E-state index in [2.05, 4.69) is 82.1 Å². The van der Waals surface area contributed by atoms with Gasteiger partial charge in [-0.1, -0.05) is 12.1 Å². The Morgan fingerprint density at radius 3 is 2.41 bits per heavy atom. The molecule has 2 aromatic heterocycles. The molecule has 0 unspecified atom stereocenters. The average Bonchev–Trinajstić information content (AvgIpc) is 3.48. The number of nitrogens with one attached hydrogen (secondary N) is 1. The average molecular weight is 540 g/mol. The number of thiocarbonyl (C=S) groups is 1. The van der Waals surface area contributed by atoms with Crippen LogP contribution in [0.25, 0.3) is 5.69 Å². The van der Waals surface area contributed by atoms with Crippen LogP contribution >= 0.6 is 12.2 Å². The molecule has 2 aromatic carbocycles. The number of rotatable bonds is 6. The molecule has 0 bridgehead atoms. The maximum Gasteiger partial charge on any atom is 0.174 e. The zero-order chi connectivity index (χ0) is 26.9. The van der Waals surface area contributed by atoms with E-state index in [-0.39, 0.29) is 12.1 Å². The Morgan fingerprint density at radius 1 is 0.923 bits per heavy atom. The van der Waals surface area contributed by atoms with E-state index in [0.29, 0.717) is 5.11 Å². The lowest BCUT2D eigenvalue weighted by molar-refractivity contribution is 0.122. The monoisotopic (exact) mass is 539 g/mol. The molecule has 2 aliphatic rings. The second-order valence-corrected chi connectivity index (χ2v) is 10.4. The number of pyridine rings is 1. The predicted molar refractivity (Wildman–Crippen MR) is 159 cm³/mol. The second kappa shape index (κ2) is 10.7. The lowest BCUT2D eigenvalue weighted by Crippen LogP contribution is -2.36. The van der Waals surface area contributed by atoms with E-state index < -0.39 is 0 Å². The van der Waals surface area contributed by atoms with Gasteiger partial charge in [0.1, 0.15) is 5.75 Å². The number of methoxy groups -OCH3 is 1. The van der Waals surface area contributed by atoms with Crippen LogP contribution in [0.3, 0.4) is 0 Å². The highest BCUT2D eigenvalue weighted by molar-refractivity contribution is 7.80. The van der Waals surface area contributed by atoms with Crippen LogP contribution in [0.5, 0.6) is 5.75 Å². The molecule has 39 heavy (non-hydrogen) atoms. The van der Waals surface area contributed by atoms with Crippen molar-refractivity contribution in [3.8, 4) is 11.4 Å². The van der Waals surface area contributed by atoms with Gasteiger partial charge >= 0.3 is 0 Å². The molecular formula is C31H33N5O2S. The van der Waals surface area contributed by atoms with Crippen LogP contribution in [-0.4, -0.2) is 48.1 Å². The van der Waals surface area contributed by atoms with Crippen LogP contribution in [0.1, 0.15) is 34.7 Å². The largest absolute Gasteiger partial charge is 0.497 e. The molecule has 4 heterocycles. The van der Waals surface area contributed by atoms with Crippen molar-refractivity contribution < 1.29 is 9.47 Å². The SMILES string of the molecule is COc1cccc(-n2c(C)cc([C@@H]3[C@@H](c4ccccn4)NC(=S)N3c3ccc(N4CCOCC4)cc3)c2C)c1. The fraction of sp³-hybridized carbons (Fsp3) is 0.290. The maximum atomic E-state index is 5.98. The smallest absolute Gasteiger partial charge is 0.174 e. The highest BCUT2D eigenvalue weighted by Gasteiger charge is 2.42. The molecule has 0 saturated carbocycles. The summed E-state index contributed by atoms with van der Waals surface area (Å²) in [5.74, 6) is 0.832. The summed E-state index contributed by atoms with van der Waals surface area (Å²) in [6.45, 7) is 7.66. The number of benzene rings is 2. The Labute approximate surface area is 235 Å². The Hall–Kier alpha value is -3.88. The quantitative estimate of drug-likeness (QED) is 0.324. The first-order valence-corrected chi connectivity index (χ1v) is 13.7. The van der Waals surface area contributed by atoms with Crippen molar-refractivity contribution in [1.29, 1.82) is 0 Å². The zero-order valence-corrected chi connectivity index (χ0v) is 23.3. The lowest BCUT2D eigenvalue weighted by atomic mass is 9.96. The van der Waals surface area contributed by atoms with Gasteiger partial charge in [-0.3, -0.25) is 4.98 Å². The van der Waals surface area contributed by atoms with Crippen LogP contribution in [-0.2, 0) is 4.74 Å². The molecule has 0 spiro atoms. The molecule has 0 amide bonds. The summed E-state index contributed by atoms with van der Waals surface area (Å²) in [4.78, 5) is 9.33. The summed E-state index contributed by atoms with van der Waals surface area (Å²) in [5.41, 5.74) is 7.80. The van der Waals surface area contributed by atoms with E-state index in [1.807, 2.05) is 30.5 Å². The predicted octanol–water partition coefficient (Wildman–Crippen LogP) is 5.51. The molecule has 2 saturated heterocycles. The Bertz CT molecular complexity index is 1460. The van der Waals surface area contributed by atoms with Crippen molar-refractivity contribution in [2.24, 2.45) is 0 Å². The normalized spacial score (nSPS) is 19.3. The number of aromatic nitrogens is 2. The summed E-state index contributed by atoms with van der Waals surface area (Å²) >= 11 is 5.98. The first-order chi connectivity index (χ1) is 19.0. The minimum absolute atomic E-state index is 0.0767. The first kappa shape index (κ1) is 25.4. The van der Waals surface area contributed by atoms with Crippen molar-refractivity contribution in [3.63, 3.8) is 0 Å². The summed E-state index contributed by atoms with van der Waals surface area (Å²) in [6, 6.07) is 25.1. The number of hydrogen-bond donors (Lipinski definition) is 1. The summed E-state index contributed by atoms with van der Waals surface area (Å²) in [6.07, 6.45) is 1.84. The van der Waals surface area contributed by atoms with Crippen LogP contribution in [0, 0.1) is 13.8 Å². The van der Waals surface area contributed by atoms with Gasteiger partial charge in [0.25, 0.3) is 0 Å². The zero-order valence-electron chi connectivity index (χ0n) is 22.5. The summed E-state index contributed by atoms with van der Waals surface area (Å²) in [5, 5.41) is 4.29. The molecule has 6 rings (SSSR count). The van der Waals surface area contributed by atoms with Crippen molar-refractivity contribution in [3.05, 3.63) is 102 Å². The minimum Gasteiger partial charge on any atom is -0.497 e. The van der Waals surface area contributed by atoms with Crippen molar-refractivity contribution in [2.45, 2.75) is 25.9 Å². The van der Waals surface area contributed by atoms with E-state index in [9.17, 15) is 0 Å². The third-order valence-corrected chi connectivity index (χ3v) is 8.02. The maximum absolute atomic E-state index is 5.98. The van der Waals surface area contributed by atoms with Gasteiger partial charge in [0.05, 0.1) is 38.1 Å². The number of hydrogen-bond acceptors (Lipinski definition) is 5. The fourth-order valence-electron chi connectivity index (χ4n) is 5.83. The highest BCUT2D eigenvalue weighted by Crippen LogP contribution is 2.44. The number of ether oxygens (including phenoxy) is 2. The van der Waals surface area contributed by atoms with E-state index in [1.54, 1.807) is 7.11 Å². The van der Waals surface area contributed by atoms with Gasteiger partial charge in [-0.15, -0.1) is 0 Å². The van der Waals surface area contributed by atoms with E-state index in [4.69, 9.17) is 26.7 Å². The lowest BCUT2D eigenvalue weighted by Gasteiger charge is -2.31. The third-order valence-electron chi connectivity index (χ3n) is 7.70. The topological polar surface area (TPSA) is 54.8 Å². The van der Waals surface area contributed by atoms with E-state index in [1.165, 1.54) is 11.3 Å². The van der Waals surface area contributed by atoms with Crippen LogP contribution in [0.4, 0.5) is 11.4 Å². The van der Waals surface area contributed by atoms with Crippen molar-refractivity contribution in [2.75, 3.05) is 43.2 Å². The molecule has 4 aromatic rings. The Balaban J connectivity index is 1.43. The third kappa shape index (κ3) is 4.75. The molecule has 7 nitrogen and oxygen atoms in total. The van der Waals surface area contributed by atoms with E-state index >= 15 is 0 Å². The molecule has 0 aliphatic carbocycles. The highest BCUT2D eigenvalue weighted by atomic mass is 32.1. The molecule has 0 radical (unpaired) electrons. The molecule has 8 heteroatoms. The van der Waals surface area contributed by atoms with Gasteiger partial charge in [0.2, 0.25) is 0 Å². The number of anilines is 2. The van der Waals surface area contributed by atoms with Crippen LogP contribution in [0.15, 0.2) is 79.0 Å². The summed E-state index contributed by atoms with van der Waals surface area (Å²) in [7, 11) is 1.70. The summed E-state index contributed by atoms with van der Waals surface area (Å²) < 4.78 is 13.3. The van der Waals surface area contributed by atoms with E-state index in [0.717, 1.165) is 60.5 Å². The molecule has 2 fully saturated rings. The Kier molecular flexibility index (Phi) is 6.97. The molecule has 2 aliphatic heterocycles. The number of morpholine rings is 1. The van der Waals surface area contributed by atoms with Crippen LogP contribution in [0.2, 0.25) is 0 Å². The first-order valence-electron chi connectivity index (χ1n) is 13.3. The second-order valence-electron chi connectivity index (χ2n) is 9.98. The number of nitrogens with zero attached hydrogens (tertiary/aromatic N) is 4. The van der Waals surface area contributed by atoms with Crippen LogP contribution < -0.4 is 19.9 Å². The van der Waals surface area contributed by atoms with Gasteiger partial charge in [-0.25, -0.2) is 0 Å². The molecule has 200 valence electrons. The van der Waals surface area contributed by atoms with Gasteiger partial charge < -0.3 is 29.2 Å². The van der Waals surface area contributed by atoms with Crippen molar-refractivity contribution in [1.82, 2.24) is 14.9 Å². The molecular weight excluding hydrogens is 506 g/mol. The number of aryl methyl sites for hydroxylation is 1. The minimum atomic E-state index is -0.100. The Morgan fingerprint density at radius 2 is 1.69 bits per heavy atom. The van der Waals surface area contributed by atoms with Gasteiger partial charge in [-0.2, -0.15) is 0 Å². The molecule has 1 N–H and O–H groups in total. The molecule has 2 atom stereocenters. The van der Waals surface area contributed by atoms with Gasteiger partial charge in [0.15, 0.2) is 5.11 Å². The van der Waals surface area contributed by atoms with Gasteiger partial charge in [-0.05, 0) is 86.2 Å². The van der Waals surface area contributed by atoms with Gasteiger partial charge in [0, 0.05) is 53.8 Å². The van der Waals surface area contributed by atoms with Crippen molar-refractivity contribution >= 4 is 28.7 Å². The fourth-order valence-corrected chi connectivity index (χ4v) is 6.17.